The topological polar surface area (TPSA) is 26.3 Å². The van der Waals surface area contributed by atoms with E-state index >= 15 is 0 Å². The smallest absolute Gasteiger partial charge is 0.459 e. The highest BCUT2D eigenvalue weighted by molar-refractivity contribution is 5.78. The predicted molar refractivity (Wildman–Crippen MR) is 70.9 cm³/mol. The van der Waals surface area contributed by atoms with Crippen molar-refractivity contribution >= 4 is 5.97 Å². The maximum Gasteiger partial charge on any atom is 0.459 e. The zero-order chi connectivity index (χ0) is 18.8. The van der Waals surface area contributed by atoms with Crippen molar-refractivity contribution < 1.29 is 40.3 Å². The quantitative estimate of drug-likeness (QED) is 0.538. The molecule has 2 nitrogen and oxygen atoms in total. The monoisotopic (exact) mass is 360 g/mol. The number of carbonyl (C=O) groups excluding carboxylic acids is 1. The van der Waals surface area contributed by atoms with Gasteiger partial charge in [-0.2, -0.15) is 30.7 Å². The zero-order valence-corrected chi connectivity index (χ0v) is 12.7. The Hall–Kier alpha value is -1.80. The van der Waals surface area contributed by atoms with Gasteiger partial charge in [-0.15, -0.1) is 0 Å². The van der Waals surface area contributed by atoms with E-state index in [2.05, 4.69) is 4.74 Å². The minimum absolute atomic E-state index is 0.138. The highest BCUT2D eigenvalue weighted by Gasteiger charge is 2.75. The van der Waals surface area contributed by atoms with Crippen molar-refractivity contribution in [1.82, 2.24) is 0 Å². The van der Waals surface area contributed by atoms with E-state index in [1.165, 1.54) is 37.3 Å². The molecule has 0 amide bonds. The van der Waals surface area contributed by atoms with Gasteiger partial charge in [0.2, 0.25) is 0 Å². The SMILES string of the molecule is CCOC(=O)C(c1ccccc1)C(C)C(F)(F)C(F)(F)C(F)(F)F. The normalized spacial score (nSPS) is 15.7. The average Bonchev–Trinajstić information content (AvgIpc) is 2.47. The first kappa shape index (κ1) is 20.2. The van der Waals surface area contributed by atoms with Crippen molar-refractivity contribution in [2.75, 3.05) is 6.61 Å². The lowest BCUT2D eigenvalue weighted by molar-refractivity contribution is -0.365. The van der Waals surface area contributed by atoms with Crippen molar-refractivity contribution in [3.63, 3.8) is 0 Å². The third-order valence-corrected chi connectivity index (χ3v) is 3.55. The first-order valence-electron chi connectivity index (χ1n) is 6.91. The number of rotatable bonds is 6. The molecule has 0 fully saturated rings. The van der Waals surface area contributed by atoms with Crippen molar-refractivity contribution in [3.8, 4) is 0 Å². The fraction of sp³-hybridized carbons (Fsp3) is 0.533. The largest absolute Gasteiger partial charge is 0.466 e. The summed E-state index contributed by atoms with van der Waals surface area (Å²) in [5.41, 5.74) is -0.138. The fourth-order valence-corrected chi connectivity index (χ4v) is 2.21. The van der Waals surface area contributed by atoms with Gasteiger partial charge in [0.1, 0.15) is 0 Å². The van der Waals surface area contributed by atoms with E-state index < -0.39 is 35.8 Å². The van der Waals surface area contributed by atoms with Gasteiger partial charge < -0.3 is 4.74 Å². The lowest BCUT2D eigenvalue weighted by atomic mass is 9.80. The molecule has 0 aliphatic heterocycles. The summed E-state index contributed by atoms with van der Waals surface area (Å²) in [5, 5.41) is 0. The van der Waals surface area contributed by atoms with E-state index in [-0.39, 0.29) is 12.2 Å². The number of alkyl halides is 7. The molecule has 1 rings (SSSR count). The molecule has 136 valence electrons. The molecule has 1 aromatic rings. The third-order valence-electron chi connectivity index (χ3n) is 3.55. The van der Waals surface area contributed by atoms with Gasteiger partial charge in [-0.3, -0.25) is 4.79 Å². The van der Waals surface area contributed by atoms with Crippen LogP contribution >= 0.6 is 0 Å². The van der Waals surface area contributed by atoms with Crippen LogP contribution in [0.5, 0.6) is 0 Å². The maximum absolute atomic E-state index is 13.9. The number of hydrogen-bond donors (Lipinski definition) is 0. The molecule has 0 bridgehead atoms. The Labute approximate surface area is 133 Å². The second-order valence-corrected chi connectivity index (χ2v) is 5.12. The molecule has 0 saturated heterocycles. The molecule has 24 heavy (non-hydrogen) atoms. The van der Waals surface area contributed by atoms with E-state index in [0.29, 0.717) is 6.92 Å². The van der Waals surface area contributed by atoms with Gasteiger partial charge >= 0.3 is 24.0 Å². The summed E-state index contributed by atoms with van der Waals surface area (Å²) in [6, 6.07) is 6.52. The van der Waals surface area contributed by atoms with Gasteiger partial charge in [-0.1, -0.05) is 37.3 Å². The second kappa shape index (κ2) is 6.98. The van der Waals surface area contributed by atoms with Crippen molar-refractivity contribution in [3.05, 3.63) is 35.9 Å². The summed E-state index contributed by atoms with van der Waals surface area (Å²) < 4.78 is 96.1. The Morgan fingerprint density at radius 1 is 1.04 bits per heavy atom. The Balaban J connectivity index is 3.35. The Morgan fingerprint density at radius 2 is 1.54 bits per heavy atom. The highest BCUT2D eigenvalue weighted by Crippen LogP contribution is 2.52. The summed E-state index contributed by atoms with van der Waals surface area (Å²) >= 11 is 0. The molecule has 0 aromatic heterocycles. The van der Waals surface area contributed by atoms with Gasteiger partial charge in [0.05, 0.1) is 12.5 Å². The number of carbonyl (C=O) groups is 1. The fourth-order valence-electron chi connectivity index (χ4n) is 2.21. The van der Waals surface area contributed by atoms with E-state index in [1.807, 2.05) is 0 Å². The summed E-state index contributed by atoms with van der Waals surface area (Å²) in [4.78, 5) is 11.9. The van der Waals surface area contributed by atoms with E-state index in [9.17, 15) is 35.5 Å². The van der Waals surface area contributed by atoms with Crippen LogP contribution in [-0.4, -0.2) is 30.6 Å². The van der Waals surface area contributed by atoms with E-state index in [0.717, 1.165) is 0 Å². The lowest BCUT2D eigenvalue weighted by Gasteiger charge is -2.35. The van der Waals surface area contributed by atoms with Crippen LogP contribution in [0.3, 0.4) is 0 Å². The predicted octanol–water partition coefficient (Wildman–Crippen LogP) is 4.80. The van der Waals surface area contributed by atoms with Crippen LogP contribution in [-0.2, 0) is 9.53 Å². The number of ether oxygens (including phenoxy) is 1. The molecule has 0 heterocycles. The highest BCUT2D eigenvalue weighted by atomic mass is 19.4. The van der Waals surface area contributed by atoms with Gasteiger partial charge in [-0.25, -0.2) is 0 Å². The number of halogens is 7. The summed E-state index contributed by atoms with van der Waals surface area (Å²) in [6.45, 7) is 1.58. The molecule has 9 heteroatoms. The molecule has 0 aliphatic rings. The molecule has 0 radical (unpaired) electrons. The Morgan fingerprint density at radius 3 is 1.96 bits per heavy atom. The summed E-state index contributed by atoms with van der Waals surface area (Å²) in [7, 11) is 0. The van der Waals surface area contributed by atoms with Crippen LogP contribution in [0.4, 0.5) is 30.7 Å². The second-order valence-electron chi connectivity index (χ2n) is 5.12. The minimum atomic E-state index is -6.46. The van der Waals surface area contributed by atoms with E-state index in [4.69, 9.17) is 0 Å². The average molecular weight is 360 g/mol. The van der Waals surface area contributed by atoms with Gasteiger partial charge in [-0.05, 0) is 12.5 Å². The Kier molecular flexibility index (Phi) is 5.89. The van der Waals surface area contributed by atoms with Crippen LogP contribution in [0.2, 0.25) is 0 Å². The first-order valence-corrected chi connectivity index (χ1v) is 6.91. The van der Waals surface area contributed by atoms with Crippen molar-refractivity contribution in [2.24, 2.45) is 5.92 Å². The van der Waals surface area contributed by atoms with Gasteiger partial charge in [0.25, 0.3) is 0 Å². The summed E-state index contributed by atoms with van der Waals surface area (Å²) in [6.07, 6.45) is -6.46. The van der Waals surface area contributed by atoms with Crippen molar-refractivity contribution in [2.45, 2.75) is 37.8 Å². The zero-order valence-electron chi connectivity index (χ0n) is 12.7. The molecule has 0 saturated carbocycles. The van der Waals surface area contributed by atoms with Crippen LogP contribution in [0, 0.1) is 5.92 Å². The molecule has 0 aliphatic carbocycles. The van der Waals surface area contributed by atoms with Crippen LogP contribution in [0.15, 0.2) is 30.3 Å². The lowest BCUT2D eigenvalue weighted by Crippen LogP contribution is -2.56. The molecule has 0 spiro atoms. The van der Waals surface area contributed by atoms with Gasteiger partial charge in [0.15, 0.2) is 0 Å². The van der Waals surface area contributed by atoms with Crippen molar-refractivity contribution in [1.29, 1.82) is 0 Å². The minimum Gasteiger partial charge on any atom is -0.466 e. The molecule has 2 atom stereocenters. The number of hydrogen-bond acceptors (Lipinski definition) is 2. The van der Waals surface area contributed by atoms with E-state index in [1.54, 1.807) is 0 Å². The summed E-state index contributed by atoms with van der Waals surface area (Å²) in [5.74, 6) is -17.7. The molecule has 2 unspecified atom stereocenters. The van der Waals surface area contributed by atoms with Crippen LogP contribution in [0.25, 0.3) is 0 Å². The molecular weight excluding hydrogens is 345 g/mol. The standard InChI is InChI=1S/C15H15F7O2/c1-3-24-12(23)11(10-7-5-4-6-8-10)9(2)13(16,17)14(18,19)15(20,21)22/h4-9,11H,3H2,1-2H3. The van der Waals surface area contributed by atoms with Crippen LogP contribution in [0.1, 0.15) is 25.3 Å². The van der Waals surface area contributed by atoms with Gasteiger partial charge in [0, 0.05) is 5.92 Å². The third kappa shape index (κ3) is 3.64. The molecule has 1 aromatic carbocycles. The first-order chi connectivity index (χ1) is 10.9. The Bertz CT molecular complexity index is 555. The molecular formula is C15H15F7O2. The molecule has 0 N–H and O–H groups in total. The number of esters is 1. The van der Waals surface area contributed by atoms with Crippen LogP contribution < -0.4 is 0 Å². The maximum atomic E-state index is 13.9. The number of benzene rings is 1.